The molecule has 0 heterocycles. The number of hydrogen-bond donors (Lipinski definition) is 0. The van der Waals surface area contributed by atoms with Gasteiger partial charge in [-0.2, -0.15) is 0 Å². The third-order valence-corrected chi connectivity index (χ3v) is 4.44. The molecule has 0 aromatic carbocycles. The number of hydrogen-bond acceptors (Lipinski definition) is 1. The molecule has 0 N–H and O–H groups in total. The molecule has 0 spiro atoms. The van der Waals surface area contributed by atoms with Crippen LogP contribution < -0.4 is 0 Å². The smallest absolute Gasteiger partial charge is 0.0290 e. The van der Waals surface area contributed by atoms with Crippen molar-refractivity contribution in [2.75, 3.05) is 13.6 Å². The fourth-order valence-corrected chi connectivity index (χ4v) is 2.82. The summed E-state index contributed by atoms with van der Waals surface area (Å²) in [4.78, 5) is 2.27. The zero-order valence-corrected chi connectivity index (χ0v) is 12.5. The number of allylic oxidation sites excluding steroid dienone is 3. The predicted molar refractivity (Wildman–Crippen MR) is 81.5 cm³/mol. The van der Waals surface area contributed by atoms with Crippen LogP contribution in [0.5, 0.6) is 0 Å². The van der Waals surface area contributed by atoms with E-state index in [1.807, 2.05) is 13.0 Å². The Morgan fingerprint density at radius 2 is 1.83 bits per heavy atom. The summed E-state index contributed by atoms with van der Waals surface area (Å²) in [6, 6.07) is 0. The van der Waals surface area contributed by atoms with E-state index in [1.165, 1.54) is 38.5 Å². The molecule has 0 saturated heterocycles. The van der Waals surface area contributed by atoms with E-state index in [1.54, 1.807) is 0 Å². The zero-order valence-electron chi connectivity index (χ0n) is 12.5. The fraction of sp³-hybridized carbons (Fsp3) is 0.647. The SMILES string of the molecule is C=C(C)/C=C\C(=C)N(C)CCC1(CC)CCCC1. The van der Waals surface area contributed by atoms with E-state index in [0.29, 0.717) is 5.41 Å². The van der Waals surface area contributed by atoms with E-state index in [9.17, 15) is 0 Å². The average Bonchev–Trinajstić information content (AvgIpc) is 2.82. The van der Waals surface area contributed by atoms with Crippen molar-refractivity contribution in [2.24, 2.45) is 5.41 Å². The molecule has 1 aliphatic carbocycles. The Labute approximate surface area is 113 Å². The lowest BCUT2D eigenvalue weighted by Gasteiger charge is -2.30. The Balaban J connectivity index is 2.42. The monoisotopic (exact) mass is 247 g/mol. The van der Waals surface area contributed by atoms with Crippen molar-refractivity contribution in [1.29, 1.82) is 0 Å². The lowest BCUT2D eigenvalue weighted by atomic mass is 9.80. The Morgan fingerprint density at radius 1 is 1.22 bits per heavy atom. The van der Waals surface area contributed by atoms with Gasteiger partial charge >= 0.3 is 0 Å². The van der Waals surface area contributed by atoms with Crippen LogP contribution in [0.2, 0.25) is 0 Å². The minimum absolute atomic E-state index is 0.618. The maximum atomic E-state index is 4.12. The van der Waals surface area contributed by atoms with E-state index in [-0.39, 0.29) is 0 Å². The van der Waals surface area contributed by atoms with E-state index >= 15 is 0 Å². The minimum Gasteiger partial charge on any atom is -0.375 e. The van der Waals surface area contributed by atoms with Gasteiger partial charge in [0.2, 0.25) is 0 Å². The van der Waals surface area contributed by atoms with Crippen LogP contribution in [-0.2, 0) is 0 Å². The van der Waals surface area contributed by atoms with Crippen LogP contribution in [0.15, 0.2) is 36.6 Å². The summed E-state index contributed by atoms with van der Waals surface area (Å²) in [6.45, 7) is 13.5. The van der Waals surface area contributed by atoms with Crippen LogP contribution in [0.25, 0.3) is 0 Å². The second-order valence-electron chi connectivity index (χ2n) is 5.90. The van der Waals surface area contributed by atoms with Crippen molar-refractivity contribution in [1.82, 2.24) is 4.90 Å². The third kappa shape index (κ3) is 4.36. The molecule has 0 aromatic rings. The van der Waals surface area contributed by atoms with Crippen molar-refractivity contribution in [3.8, 4) is 0 Å². The van der Waals surface area contributed by atoms with Gasteiger partial charge in [0.15, 0.2) is 0 Å². The van der Waals surface area contributed by atoms with Gasteiger partial charge in [-0.15, -0.1) is 0 Å². The van der Waals surface area contributed by atoms with E-state index in [2.05, 4.69) is 38.1 Å². The molecule has 0 radical (unpaired) electrons. The van der Waals surface area contributed by atoms with E-state index in [4.69, 9.17) is 0 Å². The first-order valence-electron chi connectivity index (χ1n) is 7.23. The zero-order chi connectivity index (χ0) is 13.6. The summed E-state index contributed by atoms with van der Waals surface area (Å²) in [7, 11) is 2.14. The van der Waals surface area contributed by atoms with Crippen LogP contribution >= 0.6 is 0 Å². The van der Waals surface area contributed by atoms with Gasteiger partial charge in [-0.1, -0.05) is 51.0 Å². The van der Waals surface area contributed by atoms with Gasteiger partial charge in [-0.05, 0) is 37.7 Å². The first-order valence-corrected chi connectivity index (χ1v) is 7.23. The van der Waals surface area contributed by atoms with Gasteiger partial charge in [0.05, 0.1) is 0 Å². The molecule has 0 bridgehead atoms. The third-order valence-electron chi connectivity index (χ3n) is 4.44. The quantitative estimate of drug-likeness (QED) is 0.577. The van der Waals surface area contributed by atoms with Crippen molar-refractivity contribution in [3.05, 3.63) is 36.6 Å². The Morgan fingerprint density at radius 3 is 2.33 bits per heavy atom. The molecule has 102 valence electrons. The number of nitrogens with zero attached hydrogens (tertiary/aromatic N) is 1. The highest BCUT2D eigenvalue weighted by molar-refractivity contribution is 5.21. The summed E-state index contributed by atoms with van der Waals surface area (Å²) in [6.07, 6.45) is 12.4. The highest BCUT2D eigenvalue weighted by Crippen LogP contribution is 2.43. The van der Waals surface area contributed by atoms with Crippen LogP contribution in [0.3, 0.4) is 0 Å². The number of likely N-dealkylation sites (N-methyl/N-ethyl adjacent to an activating group) is 1. The molecule has 1 saturated carbocycles. The van der Waals surface area contributed by atoms with Crippen LogP contribution in [-0.4, -0.2) is 18.5 Å². The van der Waals surface area contributed by atoms with Crippen LogP contribution in [0, 0.1) is 5.41 Å². The summed E-state index contributed by atoms with van der Waals surface area (Å²) in [5.74, 6) is 0. The van der Waals surface area contributed by atoms with Crippen molar-refractivity contribution in [2.45, 2.75) is 52.4 Å². The summed E-state index contributed by atoms with van der Waals surface area (Å²) >= 11 is 0. The van der Waals surface area contributed by atoms with Gasteiger partial charge in [-0.25, -0.2) is 0 Å². The largest absolute Gasteiger partial charge is 0.375 e. The summed E-state index contributed by atoms with van der Waals surface area (Å²) in [5, 5.41) is 0. The molecule has 1 fully saturated rings. The lowest BCUT2D eigenvalue weighted by Crippen LogP contribution is -2.25. The van der Waals surface area contributed by atoms with Gasteiger partial charge in [-0.3, -0.25) is 0 Å². The van der Waals surface area contributed by atoms with E-state index < -0.39 is 0 Å². The second-order valence-corrected chi connectivity index (χ2v) is 5.90. The normalized spacial score (nSPS) is 18.2. The van der Waals surface area contributed by atoms with Crippen LogP contribution in [0.1, 0.15) is 52.4 Å². The standard InChI is InChI=1S/C17H29N/c1-6-17(11-7-8-12-17)13-14-18(5)16(4)10-9-15(2)3/h9-10H,2,4,6-8,11-14H2,1,3,5H3/b10-9-. The highest BCUT2D eigenvalue weighted by atomic mass is 15.1. The van der Waals surface area contributed by atoms with Crippen molar-refractivity contribution in [3.63, 3.8) is 0 Å². The molecule has 18 heavy (non-hydrogen) atoms. The molecular weight excluding hydrogens is 218 g/mol. The van der Waals surface area contributed by atoms with Gasteiger partial charge < -0.3 is 4.90 Å². The Kier molecular flexibility index (Phi) is 5.71. The molecule has 1 nitrogen and oxygen atoms in total. The molecule has 0 amide bonds. The maximum absolute atomic E-state index is 4.12. The molecule has 1 rings (SSSR count). The first-order chi connectivity index (χ1) is 8.49. The van der Waals surface area contributed by atoms with Gasteiger partial charge in [0.1, 0.15) is 0 Å². The molecule has 0 aromatic heterocycles. The minimum atomic E-state index is 0.618. The van der Waals surface area contributed by atoms with Gasteiger partial charge in [0.25, 0.3) is 0 Å². The molecule has 0 unspecified atom stereocenters. The maximum Gasteiger partial charge on any atom is 0.0290 e. The van der Waals surface area contributed by atoms with Gasteiger partial charge in [0, 0.05) is 19.3 Å². The molecule has 1 aliphatic rings. The first kappa shape index (κ1) is 15.1. The highest BCUT2D eigenvalue weighted by Gasteiger charge is 2.31. The van der Waals surface area contributed by atoms with Crippen molar-refractivity contribution < 1.29 is 0 Å². The molecular formula is C17H29N. The summed E-state index contributed by atoms with van der Waals surface area (Å²) in [5.41, 5.74) is 2.78. The summed E-state index contributed by atoms with van der Waals surface area (Å²) < 4.78 is 0. The number of rotatable bonds is 7. The Hall–Kier alpha value is -0.980. The molecule has 1 heteroatoms. The van der Waals surface area contributed by atoms with Crippen LogP contribution in [0.4, 0.5) is 0 Å². The molecule has 0 atom stereocenters. The predicted octanol–water partition coefficient (Wildman–Crippen LogP) is 4.92. The van der Waals surface area contributed by atoms with E-state index in [0.717, 1.165) is 17.8 Å². The fourth-order valence-electron chi connectivity index (χ4n) is 2.82. The Bertz CT molecular complexity index is 319. The average molecular weight is 247 g/mol. The second kappa shape index (κ2) is 6.82. The molecule has 0 aliphatic heterocycles. The topological polar surface area (TPSA) is 3.24 Å². The van der Waals surface area contributed by atoms with Crippen molar-refractivity contribution >= 4 is 0 Å². The lowest BCUT2D eigenvalue weighted by molar-refractivity contribution is 0.228.